The van der Waals surface area contributed by atoms with Crippen molar-refractivity contribution < 1.29 is 0 Å². The van der Waals surface area contributed by atoms with Gasteiger partial charge in [0.25, 0.3) is 0 Å². The number of nitrogens with zero attached hydrogens (tertiary/aromatic N) is 2. The van der Waals surface area contributed by atoms with Crippen molar-refractivity contribution in [3.8, 4) is 0 Å². The maximum Gasteiger partial charge on any atom is 0.128 e. The molecule has 0 amide bonds. The van der Waals surface area contributed by atoms with Crippen molar-refractivity contribution in [1.82, 2.24) is 4.98 Å². The fourth-order valence-corrected chi connectivity index (χ4v) is 3.01. The van der Waals surface area contributed by atoms with Crippen LogP contribution < -0.4 is 10.6 Å². The Balaban J connectivity index is 2.04. The lowest BCUT2D eigenvalue weighted by molar-refractivity contribution is 0.745. The molecule has 1 aliphatic heterocycles. The summed E-state index contributed by atoms with van der Waals surface area (Å²) < 4.78 is 0. The third-order valence-electron chi connectivity index (χ3n) is 3.39. The Hall–Kier alpha value is -1.23. The number of amidine groups is 1. The number of rotatable bonds is 3. The molecule has 1 aromatic rings. The van der Waals surface area contributed by atoms with Gasteiger partial charge in [-0.25, -0.2) is 4.98 Å². The normalized spacial score (nSPS) is 20.5. The van der Waals surface area contributed by atoms with Crippen LogP contribution in [0.5, 0.6) is 0 Å². The van der Waals surface area contributed by atoms with E-state index < -0.39 is 0 Å². The zero-order valence-corrected chi connectivity index (χ0v) is 11.5. The average molecular weight is 264 g/mol. The highest BCUT2D eigenvalue weighted by Gasteiger charge is 2.17. The maximum atomic E-state index is 7.36. The fraction of sp³-hybridized carbons (Fsp3) is 0.538. The summed E-state index contributed by atoms with van der Waals surface area (Å²) in [5, 5.41) is 8.14. The van der Waals surface area contributed by atoms with E-state index in [0.717, 1.165) is 24.2 Å². The van der Waals surface area contributed by atoms with Crippen molar-refractivity contribution >= 4 is 23.4 Å². The Morgan fingerprint density at radius 3 is 2.89 bits per heavy atom. The lowest BCUT2D eigenvalue weighted by Crippen LogP contribution is -2.25. The van der Waals surface area contributed by atoms with Gasteiger partial charge in [-0.05, 0) is 37.7 Å². The first-order chi connectivity index (χ1) is 8.70. The molecule has 1 fully saturated rings. The Kier molecular flexibility index (Phi) is 4.47. The van der Waals surface area contributed by atoms with Crippen LogP contribution in [-0.2, 0) is 0 Å². The first-order valence-electron chi connectivity index (χ1n) is 6.29. The molecule has 1 aromatic heterocycles. The second kappa shape index (κ2) is 6.09. The molecule has 1 saturated heterocycles. The standard InChI is InChI=1S/C13H20N4S/c1-18-11-3-2-7-17(8-6-11)12-5-4-10(9-16-12)13(14)15/h4-5,9,11H,2-3,6-8H2,1H3,(H3,14,15). The minimum Gasteiger partial charge on any atom is -0.384 e. The van der Waals surface area contributed by atoms with Crippen molar-refractivity contribution in [2.24, 2.45) is 5.73 Å². The van der Waals surface area contributed by atoms with Crippen molar-refractivity contribution in [2.75, 3.05) is 24.2 Å². The molecule has 0 saturated carbocycles. The van der Waals surface area contributed by atoms with Crippen LogP contribution >= 0.6 is 11.8 Å². The van der Waals surface area contributed by atoms with Crippen LogP contribution in [0, 0.1) is 5.41 Å². The summed E-state index contributed by atoms with van der Waals surface area (Å²) in [6, 6.07) is 3.85. The molecule has 5 heteroatoms. The Labute approximate surface area is 112 Å². The highest BCUT2D eigenvalue weighted by atomic mass is 32.2. The van der Waals surface area contributed by atoms with Crippen LogP contribution in [0.3, 0.4) is 0 Å². The molecule has 3 N–H and O–H groups in total. The molecule has 0 aliphatic carbocycles. The van der Waals surface area contributed by atoms with Gasteiger partial charge in [-0.15, -0.1) is 0 Å². The van der Waals surface area contributed by atoms with Crippen LogP contribution in [0.4, 0.5) is 5.82 Å². The number of nitrogens with one attached hydrogen (secondary N) is 1. The van der Waals surface area contributed by atoms with Gasteiger partial charge >= 0.3 is 0 Å². The average Bonchev–Trinajstić information content (AvgIpc) is 2.64. The molecular weight excluding hydrogens is 244 g/mol. The number of hydrogen-bond donors (Lipinski definition) is 2. The van der Waals surface area contributed by atoms with E-state index in [-0.39, 0.29) is 5.84 Å². The molecule has 0 radical (unpaired) electrons. The minimum atomic E-state index is 0.0763. The molecule has 0 spiro atoms. The van der Waals surface area contributed by atoms with Gasteiger partial charge in [0, 0.05) is 30.1 Å². The third kappa shape index (κ3) is 3.16. The van der Waals surface area contributed by atoms with Crippen LogP contribution in [-0.4, -0.2) is 35.4 Å². The number of pyridine rings is 1. The number of anilines is 1. The quantitative estimate of drug-likeness (QED) is 0.648. The lowest BCUT2D eigenvalue weighted by atomic mass is 10.2. The zero-order chi connectivity index (χ0) is 13.0. The van der Waals surface area contributed by atoms with E-state index in [1.54, 1.807) is 6.20 Å². The Bertz CT molecular complexity index is 404. The summed E-state index contributed by atoms with van der Waals surface area (Å²) in [5.74, 6) is 1.08. The van der Waals surface area contributed by atoms with Gasteiger partial charge in [-0.2, -0.15) is 11.8 Å². The van der Waals surface area contributed by atoms with Gasteiger partial charge in [0.1, 0.15) is 11.7 Å². The number of aromatic nitrogens is 1. The minimum absolute atomic E-state index is 0.0763. The maximum absolute atomic E-state index is 7.36. The highest BCUT2D eigenvalue weighted by Crippen LogP contribution is 2.23. The van der Waals surface area contributed by atoms with Crippen molar-refractivity contribution in [3.63, 3.8) is 0 Å². The second-order valence-corrected chi connectivity index (χ2v) is 5.73. The van der Waals surface area contributed by atoms with Crippen LogP contribution in [0.15, 0.2) is 18.3 Å². The van der Waals surface area contributed by atoms with E-state index in [2.05, 4.69) is 16.1 Å². The molecule has 1 aliphatic rings. The topological polar surface area (TPSA) is 66.0 Å². The monoisotopic (exact) mass is 264 g/mol. The molecule has 1 unspecified atom stereocenters. The molecule has 1 atom stereocenters. The van der Waals surface area contributed by atoms with Gasteiger partial charge in [-0.3, -0.25) is 5.41 Å². The zero-order valence-electron chi connectivity index (χ0n) is 10.7. The third-order valence-corrected chi connectivity index (χ3v) is 4.53. The van der Waals surface area contributed by atoms with Crippen molar-refractivity contribution in [2.45, 2.75) is 24.5 Å². The second-order valence-electron chi connectivity index (χ2n) is 4.59. The van der Waals surface area contributed by atoms with E-state index in [0.29, 0.717) is 5.56 Å². The largest absolute Gasteiger partial charge is 0.384 e. The smallest absolute Gasteiger partial charge is 0.128 e. The molecular formula is C13H20N4S. The van der Waals surface area contributed by atoms with E-state index in [1.165, 1.54) is 19.3 Å². The van der Waals surface area contributed by atoms with Crippen LogP contribution in [0.25, 0.3) is 0 Å². The molecule has 0 bridgehead atoms. The predicted molar refractivity (Wildman–Crippen MR) is 78.6 cm³/mol. The van der Waals surface area contributed by atoms with Gasteiger partial charge in [-0.1, -0.05) is 0 Å². The van der Waals surface area contributed by atoms with Gasteiger partial charge in [0.05, 0.1) is 0 Å². The summed E-state index contributed by atoms with van der Waals surface area (Å²) in [4.78, 5) is 6.75. The molecule has 2 heterocycles. The van der Waals surface area contributed by atoms with Gasteiger partial charge in [0.2, 0.25) is 0 Å². The van der Waals surface area contributed by atoms with E-state index in [1.807, 2.05) is 23.9 Å². The van der Waals surface area contributed by atoms with E-state index in [4.69, 9.17) is 11.1 Å². The van der Waals surface area contributed by atoms with Crippen molar-refractivity contribution in [1.29, 1.82) is 5.41 Å². The number of hydrogen-bond acceptors (Lipinski definition) is 4. The number of nitrogen functional groups attached to an aromatic ring is 1. The van der Waals surface area contributed by atoms with Gasteiger partial charge < -0.3 is 10.6 Å². The summed E-state index contributed by atoms with van der Waals surface area (Å²) >= 11 is 1.97. The van der Waals surface area contributed by atoms with Crippen LogP contribution in [0.1, 0.15) is 24.8 Å². The van der Waals surface area contributed by atoms with E-state index in [9.17, 15) is 0 Å². The number of nitrogens with two attached hydrogens (primary N) is 1. The first-order valence-corrected chi connectivity index (χ1v) is 7.57. The fourth-order valence-electron chi connectivity index (χ4n) is 2.26. The number of thioether (sulfide) groups is 1. The Morgan fingerprint density at radius 2 is 2.28 bits per heavy atom. The summed E-state index contributed by atoms with van der Waals surface area (Å²) in [6.45, 7) is 2.14. The van der Waals surface area contributed by atoms with Gasteiger partial charge in [0.15, 0.2) is 0 Å². The summed E-state index contributed by atoms with van der Waals surface area (Å²) in [7, 11) is 0. The molecule has 98 valence electrons. The summed E-state index contributed by atoms with van der Waals surface area (Å²) in [6.07, 6.45) is 7.62. The predicted octanol–water partition coefficient (Wildman–Crippen LogP) is 2.09. The SMILES string of the molecule is CSC1CCCN(c2ccc(C(=N)N)cn2)CC1. The molecule has 0 aromatic carbocycles. The Morgan fingerprint density at radius 1 is 1.44 bits per heavy atom. The van der Waals surface area contributed by atoms with Crippen molar-refractivity contribution in [3.05, 3.63) is 23.9 Å². The molecule has 18 heavy (non-hydrogen) atoms. The lowest BCUT2D eigenvalue weighted by Gasteiger charge is -2.21. The van der Waals surface area contributed by atoms with E-state index >= 15 is 0 Å². The molecule has 2 rings (SSSR count). The van der Waals surface area contributed by atoms with Crippen LogP contribution in [0.2, 0.25) is 0 Å². The first kappa shape index (κ1) is 13.2. The summed E-state index contributed by atoms with van der Waals surface area (Å²) in [5.41, 5.74) is 6.12. The molecule has 4 nitrogen and oxygen atoms in total. The highest BCUT2D eigenvalue weighted by molar-refractivity contribution is 7.99.